The maximum atomic E-state index is 2.63. The first kappa shape index (κ1) is 8.52. The Hall–Kier alpha value is -0.0800. The molecule has 0 aromatic heterocycles. The molecule has 12 heavy (non-hydrogen) atoms. The lowest BCUT2D eigenvalue weighted by atomic mass is 10.1. The van der Waals surface area contributed by atoms with Crippen LogP contribution in [0, 0.1) is 5.92 Å². The third-order valence-corrected chi connectivity index (χ3v) is 3.30. The maximum Gasteiger partial charge on any atom is 0.0112 e. The van der Waals surface area contributed by atoms with Crippen LogP contribution in [0.15, 0.2) is 0 Å². The molecule has 2 bridgehead atoms. The molecule has 2 heterocycles. The zero-order valence-corrected chi connectivity index (χ0v) is 8.29. The molecule has 2 nitrogen and oxygen atoms in total. The lowest BCUT2D eigenvalue weighted by Crippen LogP contribution is -2.37. The third kappa shape index (κ3) is 1.64. The molecule has 70 valence electrons. The fourth-order valence-electron chi connectivity index (χ4n) is 2.43. The van der Waals surface area contributed by atoms with Crippen molar-refractivity contribution in [3.63, 3.8) is 0 Å². The fourth-order valence-corrected chi connectivity index (χ4v) is 2.43. The van der Waals surface area contributed by atoms with Gasteiger partial charge in [0.05, 0.1) is 0 Å². The SMILES string of the molecule is CC(C)N1CCN2CCC(C2)C1. The zero-order valence-electron chi connectivity index (χ0n) is 8.29. The van der Waals surface area contributed by atoms with Crippen molar-refractivity contribution in [2.75, 3.05) is 32.7 Å². The molecule has 0 spiro atoms. The highest BCUT2D eigenvalue weighted by atomic mass is 15.2. The lowest BCUT2D eigenvalue weighted by Gasteiger charge is -2.28. The minimum absolute atomic E-state index is 0.741. The third-order valence-electron chi connectivity index (χ3n) is 3.30. The molecule has 2 aliphatic heterocycles. The van der Waals surface area contributed by atoms with Crippen LogP contribution in [0.25, 0.3) is 0 Å². The van der Waals surface area contributed by atoms with Crippen LogP contribution in [0.4, 0.5) is 0 Å². The van der Waals surface area contributed by atoms with E-state index in [0.29, 0.717) is 0 Å². The molecule has 2 atom stereocenters. The van der Waals surface area contributed by atoms with Crippen LogP contribution in [0.1, 0.15) is 20.3 Å². The molecule has 0 aromatic carbocycles. The Morgan fingerprint density at radius 2 is 1.92 bits per heavy atom. The monoisotopic (exact) mass is 168 g/mol. The molecule has 0 saturated carbocycles. The van der Waals surface area contributed by atoms with E-state index in [4.69, 9.17) is 0 Å². The summed E-state index contributed by atoms with van der Waals surface area (Å²) >= 11 is 0. The molecule has 0 aromatic rings. The van der Waals surface area contributed by atoms with Gasteiger partial charge in [0.2, 0.25) is 0 Å². The van der Waals surface area contributed by atoms with Gasteiger partial charge in [-0.2, -0.15) is 0 Å². The minimum Gasteiger partial charge on any atom is -0.302 e. The second-order valence-corrected chi connectivity index (χ2v) is 4.54. The second-order valence-electron chi connectivity index (χ2n) is 4.54. The Balaban J connectivity index is 1.96. The lowest BCUT2D eigenvalue weighted by molar-refractivity contribution is 0.193. The number of fused-ring (bicyclic) bond motifs is 2. The van der Waals surface area contributed by atoms with Gasteiger partial charge >= 0.3 is 0 Å². The molecule has 0 N–H and O–H groups in total. The van der Waals surface area contributed by atoms with Crippen molar-refractivity contribution < 1.29 is 0 Å². The average Bonchev–Trinajstić information content (AvgIpc) is 2.29. The minimum atomic E-state index is 0.741. The van der Waals surface area contributed by atoms with E-state index in [-0.39, 0.29) is 0 Å². The highest BCUT2D eigenvalue weighted by Crippen LogP contribution is 2.21. The smallest absolute Gasteiger partial charge is 0.0112 e. The van der Waals surface area contributed by atoms with Gasteiger partial charge in [0.1, 0.15) is 0 Å². The molecule has 2 fully saturated rings. The van der Waals surface area contributed by atoms with Crippen molar-refractivity contribution in [1.82, 2.24) is 9.80 Å². The molecule has 2 unspecified atom stereocenters. The Bertz CT molecular complexity index is 156. The average molecular weight is 168 g/mol. The Kier molecular flexibility index (Phi) is 2.37. The van der Waals surface area contributed by atoms with E-state index in [0.717, 1.165) is 12.0 Å². The van der Waals surface area contributed by atoms with E-state index >= 15 is 0 Å². The normalized spacial score (nSPS) is 37.2. The zero-order chi connectivity index (χ0) is 8.55. The highest BCUT2D eigenvalue weighted by molar-refractivity contribution is 4.83. The number of nitrogens with zero attached hydrogens (tertiary/aromatic N) is 2. The van der Waals surface area contributed by atoms with Gasteiger partial charge in [-0.1, -0.05) is 0 Å². The van der Waals surface area contributed by atoms with Crippen molar-refractivity contribution in [3.8, 4) is 0 Å². The van der Waals surface area contributed by atoms with E-state index < -0.39 is 0 Å². The molecule has 2 saturated heterocycles. The second kappa shape index (κ2) is 3.35. The topological polar surface area (TPSA) is 6.48 Å². The summed E-state index contributed by atoms with van der Waals surface area (Å²) < 4.78 is 0. The Labute approximate surface area is 75.5 Å². The predicted octanol–water partition coefficient (Wildman–Crippen LogP) is 1.03. The quantitative estimate of drug-likeness (QED) is 0.577. The first-order chi connectivity index (χ1) is 5.75. The van der Waals surface area contributed by atoms with Gasteiger partial charge in [0.15, 0.2) is 0 Å². The predicted molar refractivity (Wildman–Crippen MR) is 51.3 cm³/mol. The van der Waals surface area contributed by atoms with Crippen molar-refractivity contribution in [3.05, 3.63) is 0 Å². The summed E-state index contributed by atoms with van der Waals surface area (Å²) in [6.07, 6.45) is 1.43. The Morgan fingerprint density at radius 3 is 2.67 bits per heavy atom. The first-order valence-electron chi connectivity index (χ1n) is 5.22. The molecule has 2 heteroatoms. The van der Waals surface area contributed by atoms with Gasteiger partial charge in [-0.15, -0.1) is 0 Å². The van der Waals surface area contributed by atoms with Gasteiger partial charge < -0.3 is 4.90 Å². The van der Waals surface area contributed by atoms with Crippen LogP contribution in [0.3, 0.4) is 0 Å². The summed E-state index contributed by atoms with van der Waals surface area (Å²) in [4.78, 5) is 5.25. The van der Waals surface area contributed by atoms with Crippen molar-refractivity contribution in [2.24, 2.45) is 5.92 Å². The van der Waals surface area contributed by atoms with Gasteiger partial charge in [0, 0.05) is 32.2 Å². The van der Waals surface area contributed by atoms with Crippen LogP contribution in [-0.4, -0.2) is 48.6 Å². The van der Waals surface area contributed by atoms with Crippen molar-refractivity contribution in [2.45, 2.75) is 26.3 Å². The largest absolute Gasteiger partial charge is 0.302 e. The summed E-state index contributed by atoms with van der Waals surface area (Å²) in [6, 6.07) is 0.741. The maximum absolute atomic E-state index is 2.63. The summed E-state index contributed by atoms with van der Waals surface area (Å²) in [7, 11) is 0. The number of rotatable bonds is 1. The summed E-state index contributed by atoms with van der Waals surface area (Å²) in [5, 5.41) is 0. The molecule has 2 aliphatic rings. The summed E-state index contributed by atoms with van der Waals surface area (Å²) in [5.74, 6) is 0.967. The van der Waals surface area contributed by atoms with Gasteiger partial charge in [-0.3, -0.25) is 4.90 Å². The van der Waals surface area contributed by atoms with Crippen LogP contribution >= 0.6 is 0 Å². The molecule has 0 radical (unpaired) electrons. The van der Waals surface area contributed by atoms with Crippen molar-refractivity contribution >= 4 is 0 Å². The number of hydrogen-bond donors (Lipinski definition) is 0. The van der Waals surface area contributed by atoms with E-state index in [1.165, 1.54) is 39.1 Å². The number of hydrogen-bond acceptors (Lipinski definition) is 2. The summed E-state index contributed by atoms with van der Waals surface area (Å²) in [5.41, 5.74) is 0. The highest BCUT2D eigenvalue weighted by Gasteiger charge is 2.28. The summed E-state index contributed by atoms with van der Waals surface area (Å²) in [6.45, 7) is 11.3. The van der Waals surface area contributed by atoms with E-state index in [1.54, 1.807) is 0 Å². The molecular formula is C10H20N2. The van der Waals surface area contributed by atoms with Gasteiger partial charge in [-0.05, 0) is 32.7 Å². The fraction of sp³-hybridized carbons (Fsp3) is 1.00. The van der Waals surface area contributed by atoms with E-state index in [1.807, 2.05) is 0 Å². The Morgan fingerprint density at radius 1 is 1.08 bits per heavy atom. The first-order valence-corrected chi connectivity index (χ1v) is 5.22. The van der Waals surface area contributed by atoms with E-state index in [2.05, 4.69) is 23.6 Å². The van der Waals surface area contributed by atoms with Crippen LogP contribution in [0.5, 0.6) is 0 Å². The van der Waals surface area contributed by atoms with Crippen LogP contribution < -0.4 is 0 Å². The molecule has 2 rings (SSSR count). The van der Waals surface area contributed by atoms with E-state index in [9.17, 15) is 0 Å². The molecule has 0 aliphatic carbocycles. The van der Waals surface area contributed by atoms with Gasteiger partial charge in [-0.25, -0.2) is 0 Å². The van der Waals surface area contributed by atoms with Gasteiger partial charge in [0.25, 0.3) is 0 Å². The standard InChI is InChI=1S/C10H20N2/c1-9(2)12-6-5-11-4-3-10(7-11)8-12/h9-10H,3-8H2,1-2H3. The molecule has 0 amide bonds. The van der Waals surface area contributed by atoms with Crippen LogP contribution in [-0.2, 0) is 0 Å². The van der Waals surface area contributed by atoms with Crippen LogP contribution in [0.2, 0.25) is 0 Å². The molecular weight excluding hydrogens is 148 g/mol. The van der Waals surface area contributed by atoms with Crippen molar-refractivity contribution in [1.29, 1.82) is 0 Å².